The van der Waals surface area contributed by atoms with Gasteiger partial charge in [0.25, 0.3) is 0 Å². The molecule has 0 aliphatic heterocycles. The standard InChI is InChI=1S/C6H8BrN3/c7-5-3-4(8)1-2-6(5)10-9/h1-3,10H,8-9H2. The molecule has 0 radical (unpaired) electrons. The van der Waals surface area contributed by atoms with Crippen LogP contribution in [0, 0.1) is 0 Å². The van der Waals surface area contributed by atoms with Crippen molar-refractivity contribution in [2.75, 3.05) is 11.2 Å². The van der Waals surface area contributed by atoms with Crippen molar-refractivity contribution in [2.24, 2.45) is 5.84 Å². The zero-order valence-corrected chi connectivity index (χ0v) is 6.85. The SMILES string of the molecule is NNc1ccc(N)cc1Br. The van der Waals surface area contributed by atoms with E-state index in [-0.39, 0.29) is 0 Å². The summed E-state index contributed by atoms with van der Waals surface area (Å²) in [6.07, 6.45) is 0. The van der Waals surface area contributed by atoms with Crippen LogP contribution < -0.4 is 17.0 Å². The number of nitrogens with two attached hydrogens (primary N) is 2. The van der Waals surface area contributed by atoms with Gasteiger partial charge in [0.2, 0.25) is 0 Å². The molecule has 0 saturated heterocycles. The molecule has 3 nitrogen and oxygen atoms in total. The van der Waals surface area contributed by atoms with Crippen LogP contribution in [0.1, 0.15) is 0 Å². The summed E-state index contributed by atoms with van der Waals surface area (Å²) in [4.78, 5) is 0. The van der Waals surface area contributed by atoms with Crippen LogP contribution in [-0.2, 0) is 0 Å². The molecule has 1 aromatic rings. The van der Waals surface area contributed by atoms with E-state index in [0.717, 1.165) is 10.2 Å². The molecule has 0 aromatic heterocycles. The maximum absolute atomic E-state index is 5.48. The Labute approximate surface area is 67.5 Å². The molecular formula is C6H8BrN3. The van der Waals surface area contributed by atoms with Gasteiger partial charge in [0.1, 0.15) is 0 Å². The van der Waals surface area contributed by atoms with Gasteiger partial charge in [-0.2, -0.15) is 0 Å². The zero-order valence-electron chi connectivity index (χ0n) is 5.26. The molecule has 0 atom stereocenters. The normalized spacial score (nSPS) is 9.40. The minimum Gasteiger partial charge on any atom is -0.399 e. The summed E-state index contributed by atoms with van der Waals surface area (Å²) in [5, 5.41) is 0. The number of nitrogens with one attached hydrogen (secondary N) is 1. The quantitative estimate of drug-likeness (QED) is 0.365. The van der Waals surface area contributed by atoms with Crippen LogP contribution in [0.2, 0.25) is 0 Å². The Morgan fingerprint density at radius 2 is 2.10 bits per heavy atom. The molecule has 0 amide bonds. The lowest BCUT2D eigenvalue weighted by Crippen LogP contribution is -2.07. The second-order valence-corrected chi connectivity index (χ2v) is 2.74. The highest BCUT2D eigenvalue weighted by Gasteiger charge is 1.95. The summed E-state index contributed by atoms with van der Waals surface area (Å²) >= 11 is 3.28. The summed E-state index contributed by atoms with van der Waals surface area (Å²) in [6, 6.07) is 5.37. The molecule has 1 rings (SSSR count). The van der Waals surface area contributed by atoms with Crippen LogP contribution in [0.5, 0.6) is 0 Å². The second-order valence-electron chi connectivity index (χ2n) is 1.88. The van der Waals surface area contributed by atoms with Crippen molar-refractivity contribution in [3.63, 3.8) is 0 Å². The molecule has 0 unspecified atom stereocenters. The number of hydrazine groups is 1. The van der Waals surface area contributed by atoms with Gasteiger partial charge in [0.15, 0.2) is 0 Å². The van der Waals surface area contributed by atoms with Crippen molar-refractivity contribution in [3.8, 4) is 0 Å². The Morgan fingerprint density at radius 3 is 2.60 bits per heavy atom. The summed E-state index contributed by atoms with van der Waals surface area (Å²) in [5.41, 5.74) is 9.55. The predicted molar refractivity (Wildman–Crippen MR) is 46.4 cm³/mol. The Hall–Kier alpha value is -0.740. The van der Waals surface area contributed by atoms with Gasteiger partial charge in [-0.15, -0.1) is 0 Å². The van der Waals surface area contributed by atoms with E-state index < -0.39 is 0 Å². The molecule has 0 bridgehead atoms. The molecule has 54 valence electrons. The van der Waals surface area contributed by atoms with E-state index in [1.807, 2.05) is 0 Å². The molecule has 0 aliphatic rings. The van der Waals surface area contributed by atoms with Gasteiger partial charge in [0, 0.05) is 10.2 Å². The van der Waals surface area contributed by atoms with E-state index in [1.165, 1.54) is 0 Å². The maximum Gasteiger partial charge on any atom is 0.0628 e. The lowest BCUT2D eigenvalue weighted by atomic mass is 10.3. The van der Waals surface area contributed by atoms with E-state index >= 15 is 0 Å². The Kier molecular flexibility index (Phi) is 2.13. The van der Waals surface area contributed by atoms with E-state index in [0.29, 0.717) is 5.69 Å². The molecule has 4 heteroatoms. The molecule has 1 aromatic carbocycles. The second kappa shape index (κ2) is 2.90. The molecule has 0 heterocycles. The minimum absolute atomic E-state index is 0.714. The van der Waals surface area contributed by atoms with Crippen molar-refractivity contribution in [1.82, 2.24) is 0 Å². The number of benzene rings is 1. The highest BCUT2D eigenvalue weighted by Crippen LogP contribution is 2.23. The van der Waals surface area contributed by atoms with Crippen molar-refractivity contribution in [2.45, 2.75) is 0 Å². The zero-order chi connectivity index (χ0) is 7.56. The smallest absolute Gasteiger partial charge is 0.0628 e. The van der Waals surface area contributed by atoms with Gasteiger partial charge in [0.05, 0.1) is 5.69 Å². The van der Waals surface area contributed by atoms with E-state index in [2.05, 4.69) is 21.4 Å². The topological polar surface area (TPSA) is 64.1 Å². The fourth-order valence-corrected chi connectivity index (χ4v) is 1.16. The van der Waals surface area contributed by atoms with Crippen LogP contribution in [-0.4, -0.2) is 0 Å². The summed E-state index contributed by atoms with van der Waals surface area (Å²) < 4.78 is 0.870. The number of halogens is 1. The Bertz CT molecular complexity index is 236. The third kappa shape index (κ3) is 1.40. The van der Waals surface area contributed by atoms with Crippen LogP contribution in [0.15, 0.2) is 22.7 Å². The highest BCUT2D eigenvalue weighted by atomic mass is 79.9. The number of hydrogen-bond donors (Lipinski definition) is 3. The summed E-state index contributed by atoms with van der Waals surface area (Å²) in [6.45, 7) is 0. The number of rotatable bonds is 1. The predicted octanol–water partition coefficient (Wildman–Crippen LogP) is 1.32. The van der Waals surface area contributed by atoms with Crippen molar-refractivity contribution in [3.05, 3.63) is 22.7 Å². The summed E-state index contributed by atoms with van der Waals surface area (Å²) in [5.74, 6) is 5.18. The van der Waals surface area contributed by atoms with Crippen LogP contribution in [0.25, 0.3) is 0 Å². The van der Waals surface area contributed by atoms with E-state index in [1.54, 1.807) is 18.2 Å². The fourth-order valence-electron chi connectivity index (χ4n) is 0.648. The van der Waals surface area contributed by atoms with Crippen LogP contribution in [0.3, 0.4) is 0 Å². The van der Waals surface area contributed by atoms with Crippen molar-refractivity contribution < 1.29 is 0 Å². The van der Waals surface area contributed by atoms with Crippen molar-refractivity contribution in [1.29, 1.82) is 0 Å². The first-order chi connectivity index (χ1) is 4.74. The molecule has 0 aliphatic carbocycles. The van der Waals surface area contributed by atoms with E-state index in [4.69, 9.17) is 11.6 Å². The average Bonchev–Trinajstić information content (AvgIpc) is 1.88. The molecule has 10 heavy (non-hydrogen) atoms. The number of anilines is 2. The highest BCUT2D eigenvalue weighted by molar-refractivity contribution is 9.10. The van der Waals surface area contributed by atoms with Gasteiger partial charge < -0.3 is 11.2 Å². The van der Waals surface area contributed by atoms with Gasteiger partial charge in [-0.1, -0.05) is 0 Å². The first-order valence-corrected chi connectivity index (χ1v) is 3.55. The monoisotopic (exact) mass is 201 g/mol. The first kappa shape index (κ1) is 7.37. The lowest BCUT2D eigenvalue weighted by molar-refractivity contribution is 1.34. The summed E-state index contributed by atoms with van der Waals surface area (Å²) in [7, 11) is 0. The van der Waals surface area contributed by atoms with Gasteiger partial charge in [-0.25, -0.2) is 0 Å². The average molecular weight is 202 g/mol. The Balaban J connectivity index is 3.07. The third-order valence-electron chi connectivity index (χ3n) is 1.15. The lowest BCUT2D eigenvalue weighted by Gasteiger charge is -2.02. The van der Waals surface area contributed by atoms with Crippen LogP contribution in [0.4, 0.5) is 11.4 Å². The van der Waals surface area contributed by atoms with Gasteiger partial charge in [-0.05, 0) is 34.1 Å². The van der Waals surface area contributed by atoms with Gasteiger partial charge >= 0.3 is 0 Å². The van der Waals surface area contributed by atoms with E-state index in [9.17, 15) is 0 Å². The fraction of sp³-hybridized carbons (Fsp3) is 0. The molecular weight excluding hydrogens is 194 g/mol. The molecule has 5 N–H and O–H groups in total. The number of nitrogen functional groups attached to an aromatic ring is 2. The molecule has 0 saturated carbocycles. The Morgan fingerprint density at radius 1 is 1.40 bits per heavy atom. The first-order valence-electron chi connectivity index (χ1n) is 2.75. The van der Waals surface area contributed by atoms with Crippen LogP contribution >= 0.6 is 15.9 Å². The van der Waals surface area contributed by atoms with Gasteiger partial charge in [-0.3, -0.25) is 5.84 Å². The molecule has 0 spiro atoms. The number of hydrogen-bond acceptors (Lipinski definition) is 3. The largest absolute Gasteiger partial charge is 0.399 e. The maximum atomic E-state index is 5.48. The van der Waals surface area contributed by atoms with Crippen molar-refractivity contribution >= 4 is 27.3 Å². The molecule has 0 fully saturated rings. The minimum atomic E-state index is 0.714. The third-order valence-corrected chi connectivity index (χ3v) is 1.80.